The largest absolute Gasteiger partial charge is 0.523 e. The smallest absolute Gasteiger partial charge is 0.250 e. The lowest BCUT2D eigenvalue weighted by Gasteiger charge is -2.27. The van der Waals surface area contributed by atoms with E-state index in [0.717, 1.165) is 40.3 Å². The first-order valence-electron chi connectivity index (χ1n) is 12.7. The van der Waals surface area contributed by atoms with Crippen LogP contribution >= 0.6 is 0 Å². The van der Waals surface area contributed by atoms with Crippen molar-refractivity contribution >= 4 is 24.1 Å². The molecule has 8 heteroatoms. The van der Waals surface area contributed by atoms with E-state index in [4.69, 9.17) is 4.18 Å². The molecule has 2 aromatic rings. The molecule has 2 aromatic carbocycles. The molecule has 2 aliphatic carbocycles. The first kappa shape index (κ1) is 28.1. The van der Waals surface area contributed by atoms with Crippen molar-refractivity contribution in [3.63, 3.8) is 0 Å². The zero-order valence-corrected chi connectivity index (χ0v) is 24.6. The van der Waals surface area contributed by atoms with Gasteiger partial charge in [0.05, 0.1) is 8.80 Å². The summed E-state index contributed by atoms with van der Waals surface area (Å²) in [5.41, 5.74) is 0.672. The van der Waals surface area contributed by atoms with Crippen LogP contribution in [0.2, 0.25) is 13.1 Å². The van der Waals surface area contributed by atoms with Crippen molar-refractivity contribution < 1.29 is 25.8 Å². The molecule has 1 atom stereocenters. The Labute approximate surface area is 220 Å². The van der Waals surface area contributed by atoms with Gasteiger partial charge < -0.3 is 0 Å². The van der Waals surface area contributed by atoms with Crippen molar-refractivity contribution in [3.05, 3.63) is 64.2 Å². The molecule has 3 nitrogen and oxygen atoms in total. The maximum Gasteiger partial charge on any atom is 0.523 e. The molecule has 1 saturated carbocycles. The molecule has 2 aliphatic rings. The van der Waals surface area contributed by atoms with Gasteiger partial charge in [0.2, 0.25) is 0 Å². The highest BCUT2D eigenvalue weighted by molar-refractivity contribution is 7.87. The maximum absolute atomic E-state index is 13.4. The fourth-order valence-corrected chi connectivity index (χ4v) is 7.30. The Kier molecular flexibility index (Phi) is 6.91. The second-order valence-corrected chi connectivity index (χ2v) is 16.6. The van der Waals surface area contributed by atoms with Gasteiger partial charge in [0.15, 0.2) is 0 Å². The third-order valence-corrected chi connectivity index (χ3v) is 9.75. The molecule has 37 heavy (non-hydrogen) atoms. The first-order chi connectivity index (χ1) is 16.8. The number of hydrogen-bond donors (Lipinski definition) is 0. The summed E-state index contributed by atoms with van der Waals surface area (Å²) in [6.45, 7) is 17.2. The average molecular weight is 550 g/mol. The summed E-state index contributed by atoms with van der Waals surface area (Å²) in [6, 6.07) is 12.1. The number of benzene rings is 2. The van der Waals surface area contributed by atoms with Crippen molar-refractivity contribution in [2.75, 3.05) is 0 Å². The van der Waals surface area contributed by atoms with Crippen LogP contribution in [0.25, 0.3) is 16.3 Å². The zero-order valence-electron chi connectivity index (χ0n) is 22.8. The van der Waals surface area contributed by atoms with Crippen LogP contribution in [0.3, 0.4) is 0 Å². The Balaban J connectivity index is 2.00. The van der Waals surface area contributed by atoms with E-state index in [9.17, 15) is 21.6 Å². The summed E-state index contributed by atoms with van der Waals surface area (Å²) >= 11 is 0. The summed E-state index contributed by atoms with van der Waals surface area (Å²) in [5.74, 6) is 0.0506. The van der Waals surface area contributed by atoms with Crippen molar-refractivity contribution in [2.45, 2.75) is 89.9 Å². The Morgan fingerprint density at radius 3 is 1.86 bits per heavy atom. The van der Waals surface area contributed by atoms with Crippen LogP contribution in [-0.2, 0) is 25.1 Å². The van der Waals surface area contributed by atoms with Crippen molar-refractivity contribution in [1.82, 2.24) is 0 Å². The lowest BCUT2D eigenvalue weighted by atomic mass is 9.78. The molecule has 0 aliphatic heterocycles. The Hall–Kier alpha value is -1.90. The van der Waals surface area contributed by atoms with Crippen LogP contribution in [0.15, 0.2) is 42.0 Å². The number of rotatable bonds is 5. The van der Waals surface area contributed by atoms with Gasteiger partial charge in [-0.25, -0.2) is 0 Å². The molecule has 1 fully saturated rings. The van der Waals surface area contributed by atoms with Crippen LogP contribution in [0.4, 0.5) is 13.2 Å². The molecule has 0 saturated heterocycles. The molecular formula is C29H36F3O3SSi. The van der Waals surface area contributed by atoms with Crippen LogP contribution in [-0.4, -0.2) is 22.7 Å². The number of alkyl halides is 3. The standard InChI is InChI=1S/C29H36F3O3SSi/c1-27(2,3)19-14-18(15-20(16-19)28(4,5)6)21-10-9-11-22-24(21)26(37(7)8)23(17-12-13-17)25(22)35-36(33,34)29(30,31)32/h9-11,14-17,25H,12-13H2,1-8H3. The quantitative estimate of drug-likeness (QED) is 0.214. The van der Waals surface area contributed by atoms with Gasteiger partial charge in [0, 0.05) is 0 Å². The molecule has 4 rings (SSSR count). The van der Waals surface area contributed by atoms with Gasteiger partial charge in [-0.2, -0.15) is 21.6 Å². The lowest BCUT2D eigenvalue weighted by molar-refractivity contribution is -0.0564. The van der Waals surface area contributed by atoms with Gasteiger partial charge in [-0.05, 0) is 68.5 Å². The number of hydrogen-bond acceptors (Lipinski definition) is 3. The minimum Gasteiger partial charge on any atom is -0.250 e. The van der Waals surface area contributed by atoms with Crippen LogP contribution < -0.4 is 0 Å². The molecule has 0 amide bonds. The van der Waals surface area contributed by atoms with Gasteiger partial charge in [-0.15, -0.1) is 0 Å². The molecule has 0 spiro atoms. The minimum absolute atomic E-state index is 0.0506. The third kappa shape index (κ3) is 5.34. The highest BCUT2D eigenvalue weighted by Crippen LogP contribution is 2.56. The third-order valence-electron chi connectivity index (χ3n) is 7.20. The highest BCUT2D eigenvalue weighted by atomic mass is 32.2. The molecule has 0 N–H and O–H groups in total. The van der Waals surface area contributed by atoms with Crippen LogP contribution in [0, 0.1) is 5.92 Å². The van der Waals surface area contributed by atoms with Gasteiger partial charge in [-0.1, -0.05) is 96.2 Å². The molecular weight excluding hydrogens is 513 g/mol. The predicted molar refractivity (Wildman–Crippen MR) is 145 cm³/mol. The fourth-order valence-electron chi connectivity index (χ4n) is 5.04. The molecule has 0 bridgehead atoms. The molecule has 0 heterocycles. The van der Waals surface area contributed by atoms with Gasteiger partial charge in [0.25, 0.3) is 0 Å². The first-order valence-corrected chi connectivity index (χ1v) is 16.6. The van der Waals surface area contributed by atoms with E-state index in [1.165, 1.54) is 11.1 Å². The van der Waals surface area contributed by atoms with E-state index in [1.807, 2.05) is 6.07 Å². The second kappa shape index (κ2) is 9.09. The fraction of sp³-hybridized carbons (Fsp3) is 0.517. The summed E-state index contributed by atoms with van der Waals surface area (Å²) in [7, 11) is -6.95. The summed E-state index contributed by atoms with van der Waals surface area (Å²) in [5, 5.41) is 1.01. The van der Waals surface area contributed by atoms with E-state index >= 15 is 0 Å². The van der Waals surface area contributed by atoms with Crippen LogP contribution in [0.5, 0.6) is 0 Å². The Morgan fingerprint density at radius 1 is 0.892 bits per heavy atom. The van der Waals surface area contributed by atoms with Crippen LogP contribution in [0.1, 0.15) is 82.7 Å². The lowest BCUT2D eigenvalue weighted by Crippen LogP contribution is -2.27. The van der Waals surface area contributed by atoms with Gasteiger partial charge >= 0.3 is 15.6 Å². The molecule has 0 aromatic heterocycles. The average Bonchev–Trinajstić information content (AvgIpc) is 3.53. The van der Waals surface area contributed by atoms with E-state index in [-0.39, 0.29) is 16.7 Å². The molecule has 1 unspecified atom stereocenters. The maximum atomic E-state index is 13.4. The molecule has 1 radical (unpaired) electrons. The SMILES string of the molecule is C[Si](C)C1=C(C2CC2)C(OS(=O)(=O)C(F)(F)F)c2cccc(-c3cc(C(C)(C)C)cc(C(C)(C)C)c3)c21. The summed E-state index contributed by atoms with van der Waals surface area (Å²) in [4.78, 5) is 0. The number of fused-ring (bicyclic) bond motifs is 1. The minimum atomic E-state index is -5.76. The zero-order chi connectivity index (χ0) is 27.7. The number of halogens is 3. The second-order valence-electron chi connectivity index (χ2n) is 12.5. The van der Waals surface area contributed by atoms with E-state index in [2.05, 4.69) is 72.8 Å². The monoisotopic (exact) mass is 549 g/mol. The summed E-state index contributed by atoms with van der Waals surface area (Å²) in [6.07, 6.45) is 0.422. The molecule has 201 valence electrons. The normalized spacial score (nSPS) is 19.1. The topological polar surface area (TPSA) is 43.4 Å². The Bertz CT molecular complexity index is 1320. The van der Waals surface area contributed by atoms with Gasteiger partial charge in [-0.3, -0.25) is 4.18 Å². The summed E-state index contributed by atoms with van der Waals surface area (Å²) < 4.78 is 69.6. The predicted octanol–water partition coefficient (Wildman–Crippen LogP) is 8.33. The van der Waals surface area contributed by atoms with Gasteiger partial charge in [0.1, 0.15) is 6.10 Å². The van der Waals surface area contributed by atoms with Crippen molar-refractivity contribution in [2.24, 2.45) is 5.92 Å². The van der Waals surface area contributed by atoms with E-state index in [1.54, 1.807) is 12.1 Å². The van der Waals surface area contributed by atoms with E-state index in [0.29, 0.717) is 5.56 Å². The highest BCUT2D eigenvalue weighted by Gasteiger charge is 2.52. The van der Waals surface area contributed by atoms with E-state index < -0.39 is 30.5 Å². The van der Waals surface area contributed by atoms with Crippen molar-refractivity contribution in [1.29, 1.82) is 0 Å². The van der Waals surface area contributed by atoms with Crippen molar-refractivity contribution in [3.8, 4) is 11.1 Å². The Morgan fingerprint density at radius 2 is 1.43 bits per heavy atom.